The summed E-state index contributed by atoms with van der Waals surface area (Å²) in [6, 6.07) is 25.3. The van der Waals surface area contributed by atoms with Gasteiger partial charge in [0.05, 0.1) is 30.3 Å². The van der Waals surface area contributed by atoms with Crippen LogP contribution >= 0.6 is 11.8 Å². The van der Waals surface area contributed by atoms with E-state index in [4.69, 9.17) is 4.74 Å². The second-order valence-electron chi connectivity index (χ2n) is 11.0. The van der Waals surface area contributed by atoms with Crippen molar-refractivity contribution in [3.8, 4) is 22.8 Å². The Morgan fingerprint density at radius 2 is 1.76 bits per heavy atom. The molecule has 2 heterocycles. The highest BCUT2D eigenvalue weighted by atomic mass is 32.2. The van der Waals surface area contributed by atoms with Gasteiger partial charge in [-0.25, -0.2) is 14.5 Å². The minimum absolute atomic E-state index is 0.142. The maximum Gasteiger partial charge on any atom is 0.573 e. The van der Waals surface area contributed by atoms with E-state index in [1.54, 1.807) is 25.1 Å². The number of ether oxygens (including phenoxy) is 2. The second-order valence-corrected chi connectivity index (χ2v) is 12.0. The Labute approximate surface area is 283 Å². The molecule has 0 bridgehead atoms. The van der Waals surface area contributed by atoms with Crippen LogP contribution in [0.15, 0.2) is 102 Å². The van der Waals surface area contributed by atoms with Gasteiger partial charge in [0.15, 0.2) is 11.0 Å². The number of thioether (sulfide) groups is 1. The third-order valence-corrected chi connectivity index (χ3v) is 8.29. The predicted molar refractivity (Wildman–Crippen MR) is 181 cm³/mol. The van der Waals surface area contributed by atoms with E-state index in [0.29, 0.717) is 40.6 Å². The van der Waals surface area contributed by atoms with E-state index in [1.807, 2.05) is 55.5 Å². The number of amides is 3. The van der Waals surface area contributed by atoms with Crippen LogP contribution in [0.5, 0.6) is 5.75 Å². The van der Waals surface area contributed by atoms with E-state index < -0.39 is 12.4 Å². The summed E-state index contributed by atoms with van der Waals surface area (Å²) in [7, 11) is 0. The lowest BCUT2D eigenvalue weighted by molar-refractivity contribution is -0.274. The third-order valence-electron chi connectivity index (χ3n) is 7.37. The zero-order valence-corrected chi connectivity index (χ0v) is 27.1. The number of benzene rings is 4. The van der Waals surface area contributed by atoms with Gasteiger partial charge in [-0.3, -0.25) is 9.69 Å². The second kappa shape index (κ2) is 14.3. The summed E-state index contributed by atoms with van der Waals surface area (Å²) in [5.41, 5.74) is 5.74. The summed E-state index contributed by atoms with van der Waals surface area (Å²) in [6.45, 7) is 4.40. The van der Waals surface area contributed by atoms with E-state index in [-0.39, 0.29) is 29.2 Å². The molecule has 0 atom stereocenters. The Bertz CT molecular complexity index is 2020. The molecule has 4 aromatic carbocycles. The maximum atomic E-state index is 13.1. The largest absolute Gasteiger partial charge is 0.573 e. The van der Waals surface area contributed by atoms with Crippen LogP contribution in [0, 0.1) is 13.8 Å². The van der Waals surface area contributed by atoms with Gasteiger partial charge in [0, 0.05) is 16.8 Å². The van der Waals surface area contributed by atoms with E-state index >= 15 is 0 Å². The van der Waals surface area contributed by atoms with Crippen LogP contribution in [0.2, 0.25) is 0 Å². The highest BCUT2D eigenvalue weighted by Gasteiger charge is 2.32. The summed E-state index contributed by atoms with van der Waals surface area (Å²) in [4.78, 5) is 36.2. The van der Waals surface area contributed by atoms with Gasteiger partial charge >= 0.3 is 12.4 Å². The summed E-state index contributed by atoms with van der Waals surface area (Å²) in [5, 5.41) is 7.49. The molecule has 250 valence electrons. The molecule has 6 rings (SSSR count). The fourth-order valence-corrected chi connectivity index (χ4v) is 5.89. The Kier molecular flexibility index (Phi) is 9.78. The Balaban J connectivity index is 1.14. The number of hydrogen-bond donors (Lipinski definition) is 1. The van der Waals surface area contributed by atoms with E-state index in [2.05, 4.69) is 25.1 Å². The number of alkyl halides is 3. The number of carbonyl (C=O) groups is 2. The van der Waals surface area contributed by atoms with Crippen LogP contribution in [-0.4, -0.2) is 44.0 Å². The van der Waals surface area contributed by atoms with Crippen molar-refractivity contribution < 1.29 is 32.2 Å². The molecule has 3 amide bonds. The smallest absolute Gasteiger partial charge is 0.406 e. The number of carbonyl (C=O) groups excluding carboxylic acids is 2. The Morgan fingerprint density at radius 3 is 2.49 bits per heavy atom. The molecule has 0 saturated carbocycles. The molecule has 0 unspecified atom stereocenters. The number of halogens is 3. The molecule has 1 N–H and O–H groups in total. The molecule has 10 nitrogen and oxygen atoms in total. The van der Waals surface area contributed by atoms with Gasteiger partial charge in [0.25, 0.3) is 0 Å². The number of nitrogens with one attached hydrogen (secondary N) is 1. The summed E-state index contributed by atoms with van der Waals surface area (Å²) >= 11 is 1.18. The average Bonchev–Trinajstić information content (AvgIpc) is 3.70. The summed E-state index contributed by atoms with van der Waals surface area (Å²) in [6.07, 6.45) is -3.34. The SMILES string of the molecule is Cc1ccc(COCc2ccccc2)c(N2C(=O)CS/C2=N\C(=O)Nc2ccc(-c3ncn(-c4ccc(OC(F)(F)F)cc4)n3)cc2C)c1. The number of urea groups is 1. The number of anilines is 2. The minimum Gasteiger partial charge on any atom is -0.406 e. The van der Waals surface area contributed by atoms with Crippen molar-refractivity contribution in [2.45, 2.75) is 33.4 Å². The van der Waals surface area contributed by atoms with Crippen molar-refractivity contribution in [2.75, 3.05) is 16.0 Å². The molecule has 0 radical (unpaired) electrons. The first kappa shape index (κ1) is 33.4. The van der Waals surface area contributed by atoms with Crippen molar-refractivity contribution in [3.63, 3.8) is 0 Å². The lowest BCUT2D eigenvalue weighted by Gasteiger charge is -2.20. The zero-order valence-electron chi connectivity index (χ0n) is 26.3. The van der Waals surface area contributed by atoms with Crippen molar-refractivity contribution in [1.29, 1.82) is 0 Å². The lowest BCUT2D eigenvalue weighted by Crippen LogP contribution is -2.31. The molecule has 1 fully saturated rings. The van der Waals surface area contributed by atoms with Gasteiger partial charge in [-0.1, -0.05) is 54.2 Å². The molecule has 1 aliphatic heterocycles. The normalized spacial score (nSPS) is 14.0. The average molecular weight is 687 g/mol. The van der Waals surface area contributed by atoms with Crippen molar-refractivity contribution in [3.05, 3.63) is 120 Å². The molecule has 1 aromatic heterocycles. The first-order chi connectivity index (χ1) is 23.5. The molecule has 0 aliphatic carbocycles. The van der Waals surface area contributed by atoms with Gasteiger partial charge in [0.1, 0.15) is 12.1 Å². The number of rotatable bonds is 9. The molecule has 5 aromatic rings. The van der Waals surface area contributed by atoms with Crippen molar-refractivity contribution >= 4 is 40.2 Å². The third kappa shape index (κ3) is 8.34. The van der Waals surface area contributed by atoms with Crippen LogP contribution in [0.4, 0.5) is 29.3 Å². The van der Waals surface area contributed by atoms with Crippen LogP contribution in [0.1, 0.15) is 22.3 Å². The number of nitrogens with zero attached hydrogens (tertiary/aromatic N) is 5. The van der Waals surface area contributed by atoms with Gasteiger partial charge in [0.2, 0.25) is 5.91 Å². The Morgan fingerprint density at radius 1 is 0.980 bits per heavy atom. The number of hydrogen-bond acceptors (Lipinski definition) is 7. The highest BCUT2D eigenvalue weighted by molar-refractivity contribution is 8.15. The lowest BCUT2D eigenvalue weighted by atomic mass is 10.1. The van der Waals surface area contributed by atoms with Crippen LogP contribution in [0.3, 0.4) is 0 Å². The number of aromatic nitrogens is 3. The van der Waals surface area contributed by atoms with Crippen LogP contribution in [-0.2, 0) is 22.7 Å². The van der Waals surface area contributed by atoms with Crippen LogP contribution in [0.25, 0.3) is 17.1 Å². The quantitative estimate of drug-likeness (QED) is 0.168. The summed E-state index contributed by atoms with van der Waals surface area (Å²) in [5.74, 6) is -0.0205. The number of aryl methyl sites for hydroxylation is 2. The van der Waals surface area contributed by atoms with Gasteiger partial charge in [-0.2, -0.15) is 4.99 Å². The number of aliphatic imine (C=N–C) groups is 1. The minimum atomic E-state index is -4.78. The maximum absolute atomic E-state index is 13.1. The van der Waals surface area contributed by atoms with Crippen molar-refractivity contribution in [2.24, 2.45) is 4.99 Å². The zero-order chi connectivity index (χ0) is 34.5. The molecule has 1 aliphatic rings. The molecular weight excluding hydrogens is 657 g/mol. The molecular formula is C35H29F3N6O4S. The Hall–Kier alpha value is -5.47. The monoisotopic (exact) mass is 686 g/mol. The van der Waals surface area contributed by atoms with Gasteiger partial charge < -0.3 is 14.8 Å². The topological polar surface area (TPSA) is 111 Å². The molecule has 1 saturated heterocycles. The first-order valence-corrected chi connectivity index (χ1v) is 16.0. The molecule has 14 heteroatoms. The summed E-state index contributed by atoms with van der Waals surface area (Å²) < 4.78 is 48.7. The number of amidine groups is 1. The van der Waals surface area contributed by atoms with Gasteiger partial charge in [-0.15, -0.1) is 18.3 Å². The standard InChI is InChI=1S/C35H29F3N6O4S/c1-22-8-9-26(19-47-18-24-6-4-3-5-7-24)30(16-22)44-31(45)20-49-34(44)41-33(46)40-29-15-10-25(17-23(29)2)32-39-21-43(42-32)27-11-13-28(14-12-27)48-35(36,37)38/h3-17,21H,18-20H2,1-2H3,(H,40,46)/b41-34-. The molecule has 0 spiro atoms. The van der Waals surface area contributed by atoms with E-state index in [1.165, 1.54) is 51.9 Å². The van der Waals surface area contributed by atoms with Crippen LogP contribution < -0.4 is 15.0 Å². The predicted octanol–water partition coefficient (Wildman–Crippen LogP) is 7.83. The first-order valence-electron chi connectivity index (χ1n) is 15.0. The fourth-order valence-electron chi connectivity index (χ4n) is 5.03. The highest BCUT2D eigenvalue weighted by Crippen LogP contribution is 2.32. The van der Waals surface area contributed by atoms with Gasteiger partial charge in [-0.05, 0) is 79.1 Å². The molecule has 49 heavy (non-hydrogen) atoms. The fraction of sp³-hybridized carbons (Fsp3) is 0.171. The van der Waals surface area contributed by atoms with E-state index in [0.717, 1.165) is 16.7 Å². The van der Waals surface area contributed by atoms with E-state index in [9.17, 15) is 22.8 Å². The van der Waals surface area contributed by atoms with Crippen molar-refractivity contribution in [1.82, 2.24) is 14.8 Å².